The molecule has 0 bridgehead atoms. The minimum Gasteiger partial charge on any atom is -0.324 e. The number of nitro groups is 1. The van der Waals surface area contributed by atoms with Gasteiger partial charge in [0.2, 0.25) is 5.95 Å². The number of non-ortho nitro benzene ring substituents is 1. The van der Waals surface area contributed by atoms with Gasteiger partial charge in [-0.05, 0) is 49.2 Å². The van der Waals surface area contributed by atoms with Crippen molar-refractivity contribution < 1.29 is 18.1 Å². The molecule has 3 aromatic rings. The highest BCUT2D eigenvalue weighted by Crippen LogP contribution is 2.23. The SMILES string of the molecule is O=C1CCCc2nc(Nc3ccc(S(=O)(=O)Nc4ccc([N+](=O)[O-])cc4)cc3)ncc21. The zero-order chi connectivity index (χ0) is 22.0. The van der Waals surface area contributed by atoms with Crippen molar-refractivity contribution in [1.82, 2.24) is 9.97 Å². The molecule has 10 nitrogen and oxygen atoms in total. The van der Waals surface area contributed by atoms with E-state index < -0.39 is 14.9 Å². The van der Waals surface area contributed by atoms with E-state index in [0.29, 0.717) is 35.7 Å². The maximum absolute atomic E-state index is 12.6. The fourth-order valence-corrected chi connectivity index (χ4v) is 4.22. The van der Waals surface area contributed by atoms with Crippen molar-refractivity contribution in [3.8, 4) is 0 Å². The Labute approximate surface area is 177 Å². The van der Waals surface area contributed by atoms with E-state index in [2.05, 4.69) is 20.0 Å². The van der Waals surface area contributed by atoms with Gasteiger partial charge < -0.3 is 5.32 Å². The molecule has 0 saturated heterocycles. The number of sulfonamides is 1. The van der Waals surface area contributed by atoms with Crippen LogP contribution in [-0.4, -0.2) is 29.1 Å². The molecule has 1 aliphatic rings. The van der Waals surface area contributed by atoms with E-state index in [0.717, 1.165) is 6.42 Å². The molecule has 1 aliphatic carbocycles. The van der Waals surface area contributed by atoms with E-state index >= 15 is 0 Å². The molecule has 2 aromatic carbocycles. The van der Waals surface area contributed by atoms with Crippen LogP contribution < -0.4 is 10.0 Å². The Balaban J connectivity index is 1.47. The molecule has 0 fully saturated rings. The predicted octanol–water partition coefficient (Wildman–Crippen LogP) is 3.45. The number of aryl methyl sites for hydroxylation is 1. The standard InChI is InChI=1S/C20H17N5O5S/c26-19-3-1-2-18-17(19)12-21-20(23-18)22-13-6-10-16(11-7-13)31(29,30)24-14-4-8-15(9-5-14)25(27)28/h4-12,24H,1-3H2,(H,21,22,23). The van der Waals surface area contributed by atoms with Gasteiger partial charge in [0.15, 0.2) is 5.78 Å². The van der Waals surface area contributed by atoms with Crippen LogP contribution in [0.1, 0.15) is 28.9 Å². The van der Waals surface area contributed by atoms with Crippen molar-refractivity contribution >= 4 is 38.8 Å². The molecule has 0 unspecified atom stereocenters. The molecule has 2 N–H and O–H groups in total. The molecule has 1 aromatic heterocycles. The number of fused-ring (bicyclic) bond motifs is 1. The Kier molecular flexibility index (Phi) is 5.34. The third-order valence-corrected chi connectivity index (χ3v) is 6.13. The molecule has 4 rings (SSSR count). The summed E-state index contributed by atoms with van der Waals surface area (Å²) in [7, 11) is -3.87. The highest BCUT2D eigenvalue weighted by Gasteiger charge is 2.19. The second kappa shape index (κ2) is 8.11. The number of carbonyl (C=O) groups excluding carboxylic acids is 1. The van der Waals surface area contributed by atoms with Gasteiger partial charge in [0, 0.05) is 36.1 Å². The lowest BCUT2D eigenvalue weighted by molar-refractivity contribution is -0.384. The zero-order valence-corrected chi connectivity index (χ0v) is 16.9. The number of nitrogens with zero attached hydrogens (tertiary/aromatic N) is 3. The summed E-state index contributed by atoms with van der Waals surface area (Å²) in [6.07, 6.45) is 3.49. The van der Waals surface area contributed by atoms with Crippen LogP contribution in [0, 0.1) is 10.1 Å². The number of aromatic nitrogens is 2. The summed E-state index contributed by atoms with van der Waals surface area (Å²) < 4.78 is 27.5. The van der Waals surface area contributed by atoms with Gasteiger partial charge in [0.05, 0.1) is 21.1 Å². The molecular weight excluding hydrogens is 422 g/mol. The summed E-state index contributed by atoms with van der Waals surface area (Å²) in [5.41, 5.74) is 1.92. The predicted molar refractivity (Wildman–Crippen MR) is 113 cm³/mol. The van der Waals surface area contributed by atoms with Crippen LogP contribution in [0.15, 0.2) is 59.6 Å². The molecule has 0 radical (unpaired) electrons. The smallest absolute Gasteiger partial charge is 0.269 e. The number of hydrogen-bond donors (Lipinski definition) is 2. The van der Waals surface area contributed by atoms with Gasteiger partial charge in [-0.25, -0.2) is 18.4 Å². The van der Waals surface area contributed by atoms with E-state index in [9.17, 15) is 23.3 Å². The van der Waals surface area contributed by atoms with Gasteiger partial charge in [-0.3, -0.25) is 19.6 Å². The van der Waals surface area contributed by atoms with Crippen LogP contribution in [-0.2, 0) is 16.4 Å². The lowest BCUT2D eigenvalue weighted by Crippen LogP contribution is -2.14. The van der Waals surface area contributed by atoms with Gasteiger partial charge in [-0.15, -0.1) is 0 Å². The molecule has 0 spiro atoms. The number of carbonyl (C=O) groups is 1. The summed E-state index contributed by atoms with van der Waals surface area (Å²) >= 11 is 0. The number of benzene rings is 2. The van der Waals surface area contributed by atoms with Crippen LogP contribution in [0.2, 0.25) is 0 Å². The van der Waals surface area contributed by atoms with Crippen molar-refractivity contribution in [3.05, 3.63) is 76.1 Å². The first-order valence-corrected chi connectivity index (χ1v) is 10.8. The first-order valence-electron chi connectivity index (χ1n) is 9.35. The van der Waals surface area contributed by atoms with Crippen molar-refractivity contribution in [2.75, 3.05) is 10.0 Å². The molecule has 1 heterocycles. The van der Waals surface area contributed by atoms with Crippen LogP contribution in [0.5, 0.6) is 0 Å². The van der Waals surface area contributed by atoms with E-state index in [1.54, 1.807) is 12.1 Å². The Bertz CT molecular complexity index is 1260. The highest BCUT2D eigenvalue weighted by atomic mass is 32.2. The Morgan fingerprint density at radius 1 is 0.968 bits per heavy atom. The molecule has 31 heavy (non-hydrogen) atoms. The number of ketones is 1. The van der Waals surface area contributed by atoms with Gasteiger partial charge in [0.1, 0.15) is 0 Å². The van der Waals surface area contributed by atoms with E-state index in [4.69, 9.17) is 0 Å². The van der Waals surface area contributed by atoms with Gasteiger partial charge >= 0.3 is 0 Å². The zero-order valence-electron chi connectivity index (χ0n) is 16.1. The van der Waals surface area contributed by atoms with E-state index in [1.807, 2.05) is 0 Å². The summed E-state index contributed by atoms with van der Waals surface area (Å²) in [5, 5.41) is 13.7. The van der Waals surface area contributed by atoms with Gasteiger partial charge in [-0.1, -0.05) is 0 Å². The maximum Gasteiger partial charge on any atom is 0.269 e. The topological polar surface area (TPSA) is 144 Å². The third kappa shape index (κ3) is 4.51. The van der Waals surface area contributed by atoms with E-state index in [1.165, 1.54) is 42.6 Å². The lowest BCUT2D eigenvalue weighted by Gasteiger charge is -2.14. The van der Waals surface area contributed by atoms with Gasteiger partial charge in [-0.2, -0.15) is 0 Å². The van der Waals surface area contributed by atoms with Crippen LogP contribution in [0.25, 0.3) is 0 Å². The average Bonchev–Trinajstić information content (AvgIpc) is 2.74. The highest BCUT2D eigenvalue weighted by molar-refractivity contribution is 7.92. The summed E-state index contributed by atoms with van der Waals surface area (Å²) in [4.78, 5) is 30.6. The summed E-state index contributed by atoms with van der Waals surface area (Å²) in [5.74, 6) is 0.371. The Morgan fingerprint density at radius 3 is 2.32 bits per heavy atom. The van der Waals surface area contributed by atoms with E-state index in [-0.39, 0.29) is 22.1 Å². The fourth-order valence-electron chi connectivity index (χ4n) is 3.16. The fraction of sp³-hybridized carbons (Fsp3) is 0.150. The van der Waals surface area contributed by atoms with Gasteiger partial charge in [0.25, 0.3) is 15.7 Å². The van der Waals surface area contributed by atoms with Crippen molar-refractivity contribution in [2.24, 2.45) is 0 Å². The molecular formula is C20H17N5O5S. The Morgan fingerprint density at radius 2 is 1.65 bits per heavy atom. The second-order valence-electron chi connectivity index (χ2n) is 6.89. The average molecular weight is 439 g/mol. The number of nitro benzene ring substituents is 1. The maximum atomic E-state index is 12.6. The largest absolute Gasteiger partial charge is 0.324 e. The quantitative estimate of drug-likeness (QED) is 0.439. The molecule has 0 amide bonds. The number of anilines is 3. The minimum absolute atomic E-state index is 0.0216. The number of nitrogens with one attached hydrogen (secondary N) is 2. The molecule has 158 valence electrons. The Hall–Kier alpha value is -3.86. The first-order chi connectivity index (χ1) is 14.8. The molecule has 0 atom stereocenters. The van der Waals surface area contributed by atoms with Crippen molar-refractivity contribution in [1.29, 1.82) is 0 Å². The monoisotopic (exact) mass is 439 g/mol. The summed E-state index contributed by atoms with van der Waals surface area (Å²) in [6, 6.07) is 11.0. The minimum atomic E-state index is -3.87. The number of hydrogen-bond acceptors (Lipinski definition) is 8. The molecule has 0 saturated carbocycles. The molecule has 0 aliphatic heterocycles. The van der Waals surface area contributed by atoms with Crippen LogP contribution in [0.4, 0.5) is 23.0 Å². The van der Waals surface area contributed by atoms with Crippen LogP contribution >= 0.6 is 0 Å². The third-order valence-electron chi connectivity index (χ3n) is 4.74. The summed E-state index contributed by atoms with van der Waals surface area (Å²) in [6.45, 7) is 0. The molecule has 11 heteroatoms. The van der Waals surface area contributed by atoms with Crippen molar-refractivity contribution in [2.45, 2.75) is 24.2 Å². The number of Topliss-reactive ketones (excluding diaryl/α,β-unsaturated/α-hetero) is 1. The van der Waals surface area contributed by atoms with Crippen molar-refractivity contribution in [3.63, 3.8) is 0 Å². The lowest BCUT2D eigenvalue weighted by atomic mass is 9.96. The second-order valence-corrected chi connectivity index (χ2v) is 8.57. The van der Waals surface area contributed by atoms with Crippen LogP contribution in [0.3, 0.4) is 0 Å². The number of rotatable bonds is 6. The normalized spacial score (nSPS) is 13.4. The first kappa shape index (κ1) is 20.4.